The van der Waals surface area contributed by atoms with E-state index >= 15 is 0 Å². The third kappa shape index (κ3) is 3.39. The number of nitrogens with zero attached hydrogens (tertiary/aromatic N) is 1. The molecule has 0 saturated carbocycles. The molecule has 0 radical (unpaired) electrons. The van der Waals surface area contributed by atoms with Crippen LogP contribution in [0.2, 0.25) is 0 Å². The zero-order valence-corrected chi connectivity index (χ0v) is 14.1. The minimum Gasteiger partial charge on any atom is -0.497 e. The highest BCUT2D eigenvalue weighted by molar-refractivity contribution is 7.91. The van der Waals surface area contributed by atoms with E-state index in [-0.39, 0.29) is 16.5 Å². The quantitative estimate of drug-likeness (QED) is 0.891. The van der Waals surface area contributed by atoms with Gasteiger partial charge in [-0.3, -0.25) is 4.79 Å². The highest BCUT2D eigenvalue weighted by atomic mass is 32.2. The molecular weight excluding hydrogens is 336 g/mol. The molecule has 0 spiro atoms. The monoisotopic (exact) mass is 352 g/mol. The van der Waals surface area contributed by atoms with Crippen LogP contribution in [0.1, 0.15) is 6.42 Å². The van der Waals surface area contributed by atoms with Gasteiger partial charge in [-0.2, -0.15) is 0 Å². The molecule has 2 heterocycles. The van der Waals surface area contributed by atoms with E-state index in [1.807, 2.05) is 0 Å². The predicted octanol–water partition coefficient (Wildman–Crippen LogP) is 1.84. The largest absolute Gasteiger partial charge is 0.497 e. The normalized spacial score (nSPS) is 18.4. The van der Waals surface area contributed by atoms with Crippen molar-refractivity contribution < 1.29 is 17.9 Å². The van der Waals surface area contributed by atoms with E-state index in [1.165, 1.54) is 0 Å². The first-order valence-electron chi connectivity index (χ1n) is 7.00. The highest BCUT2D eigenvalue weighted by Gasteiger charge is 2.33. The van der Waals surface area contributed by atoms with Crippen molar-refractivity contribution in [2.75, 3.05) is 18.6 Å². The average Bonchev–Trinajstić information content (AvgIpc) is 3.17. The standard InChI is InChI=1S/C15H16N2O4S2/c1-21-13-6-4-12(5-7-13)17-10-11(9-14(17)18)16-23(19,20)15-3-2-8-22-15/h2-8,11,16H,9-10H2,1H3/t11-/m1/s1. The topological polar surface area (TPSA) is 75.7 Å². The van der Waals surface area contributed by atoms with Gasteiger partial charge in [0.1, 0.15) is 9.96 Å². The van der Waals surface area contributed by atoms with Gasteiger partial charge in [-0.15, -0.1) is 11.3 Å². The number of sulfonamides is 1. The van der Waals surface area contributed by atoms with Crippen molar-refractivity contribution in [3.05, 3.63) is 41.8 Å². The smallest absolute Gasteiger partial charge is 0.250 e. The number of methoxy groups -OCH3 is 1. The Bertz CT molecular complexity index is 785. The summed E-state index contributed by atoms with van der Waals surface area (Å²) < 4.78 is 32.4. The second-order valence-corrected chi connectivity index (χ2v) is 8.05. The molecule has 1 aliphatic rings. The molecule has 8 heteroatoms. The minimum atomic E-state index is -3.57. The van der Waals surface area contributed by atoms with Crippen LogP contribution in [0.15, 0.2) is 46.0 Å². The van der Waals surface area contributed by atoms with Crippen molar-refractivity contribution in [1.82, 2.24) is 4.72 Å². The summed E-state index contributed by atoms with van der Waals surface area (Å²) in [5, 5.41) is 1.71. The Kier molecular flexibility index (Phi) is 4.38. The number of hydrogen-bond donors (Lipinski definition) is 1. The Morgan fingerprint density at radius 2 is 2.00 bits per heavy atom. The molecule has 1 aliphatic heterocycles. The van der Waals surface area contributed by atoms with Crippen LogP contribution in [0.25, 0.3) is 0 Å². The fraction of sp³-hybridized carbons (Fsp3) is 0.267. The van der Waals surface area contributed by atoms with Crippen LogP contribution in [0.4, 0.5) is 5.69 Å². The molecule has 1 fully saturated rings. The molecule has 0 aliphatic carbocycles. The van der Waals surface area contributed by atoms with Crippen molar-refractivity contribution in [3.63, 3.8) is 0 Å². The first kappa shape index (κ1) is 16.0. The van der Waals surface area contributed by atoms with Gasteiger partial charge >= 0.3 is 0 Å². The van der Waals surface area contributed by atoms with Gasteiger partial charge in [0.05, 0.1) is 7.11 Å². The number of nitrogens with one attached hydrogen (secondary N) is 1. The lowest BCUT2D eigenvalue weighted by atomic mass is 10.3. The summed E-state index contributed by atoms with van der Waals surface area (Å²) in [6.45, 7) is 0.315. The molecule has 0 bridgehead atoms. The number of thiophene rings is 1. The summed E-state index contributed by atoms with van der Waals surface area (Å²) in [5.74, 6) is 0.601. The van der Waals surface area contributed by atoms with Crippen LogP contribution >= 0.6 is 11.3 Å². The fourth-order valence-electron chi connectivity index (χ4n) is 2.49. The Hall–Kier alpha value is -1.90. The number of ether oxygens (including phenoxy) is 1. The van der Waals surface area contributed by atoms with Crippen LogP contribution in [0, 0.1) is 0 Å². The molecular formula is C15H16N2O4S2. The van der Waals surface area contributed by atoms with Gasteiger partial charge in [0.2, 0.25) is 15.9 Å². The Balaban J connectivity index is 1.72. The minimum absolute atomic E-state index is 0.103. The highest BCUT2D eigenvalue weighted by Crippen LogP contribution is 2.25. The summed E-state index contributed by atoms with van der Waals surface area (Å²) in [7, 11) is -2.00. The number of carbonyl (C=O) groups is 1. The first-order chi connectivity index (χ1) is 11.0. The molecule has 1 aromatic carbocycles. The molecule has 3 rings (SSSR count). The Morgan fingerprint density at radius 1 is 1.26 bits per heavy atom. The average molecular weight is 352 g/mol. The summed E-state index contributed by atoms with van der Waals surface area (Å²) in [4.78, 5) is 13.8. The number of anilines is 1. The molecule has 1 amide bonds. The summed E-state index contributed by atoms with van der Waals surface area (Å²) >= 11 is 1.15. The molecule has 1 aromatic heterocycles. The number of hydrogen-bond acceptors (Lipinski definition) is 5. The van der Waals surface area contributed by atoms with Crippen LogP contribution in [-0.4, -0.2) is 34.0 Å². The van der Waals surface area contributed by atoms with Gasteiger partial charge in [-0.1, -0.05) is 6.07 Å². The van der Waals surface area contributed by atoms with Crippen LogP contribution in [0.5, 0.6) is 5.75 Å². The Labute approximate surface area is 138 Å². The maximum absolute atomic E-state index is 12.2. The second-order valence-electron chi connectivity index (χ2n) is 5.16. The summed E-state index contributed by atoms with van der Waals surface area (Å²) in [5.41, 5.74) is 0.730. The van der Waals surface area contributed by atoms with Gasteiger partial charge in [0.15, 0.2) is 0 Å². The number of amides is 1. The number of rotatable bonds is 5. The van der Waals surface area contributed by atoms with E-state index in [0.29, 0.717) is 12.3 Å². The molecule has 2 aromatic rings. The van der Waals surface area contributed by atoms with E-state index in [2.05, 4.69) is 4.72 Å². The third-order valence-electron chi connectivity index (χ3n) is 3.59. The SMILES string of the molecule is COc1ccc(N2C[C@H](NS(=O)(=O)c3cccs3)CC2=O)cc1. The number of carbonyl (C=O) groups excluding carboxylic acids is 1. The Morgan fingerprint density at radius 3 is 2.61 bits per heavy atom. The summed E-state index contributed by atoms with van der Waals surface area (Å²) in [6, 6.07) is 9.90. The van der Waals surface area contributed by atoms with Gasteiger partial charge in [0, 0.05) is 24.7 Å². The summed E-state index contributed by atoms with van der Waals surface area (Å²) in [6.07, 6.45) is 0.149. The lowest BCUT2D eigenvalue weighted by molar-refractivity contribution is -0.117. The van der Waals surface area contributed by atoms with Gasteiger partial charge < -0.3 is 9.64 Å². The molecule has 122 valence electrons. The first-order valence-corrected chi connectivity index (χ1v) is 9.36. The molecule has 6 nitrogen and oxygen atoms in total. The fourth-order valence-corrected chi connectivity index (χ4v) is 4.73. The van der Waals surface area contributed by atoms with E-state index in [9.17, 15) is 13.2 Å². The lowest BCUT2D eigenvalue weighted by Crippen LogP contribution is -2.36. The predicted molar refractivity (Wildman–Crippen MR) is 88.4 cm³/mol. The molecule has 0 unspecified atom stereocenters. The molecule has 1 atom stereocenters. The molecule has 1 saturated heterocycles. The van der Waals surface area contributed by atoms with Crippen molar-refractivity contribution in [1.29, 1.82) is 0 Å². The van der Waals surface area contributed by atoms with Crippen molar-refractivity contribution in [3.8, 4) is 5.75 Å². The zero-order valence-electron chi connectivity index (χ0n) is 12.4. The van der Waals surface area contributed by atoms with Crippen molar-refractivity contribution >= 4 is 33.0 Å². The van der Waals surface area contributed by atoms with E-state index in [0.717, 1.165) is 17.0 Å². The molecule has 1 N–H and O–H groups in total. The van der Waals surface area contributed by atoms with E-state index < -0.39 is 16.1 Å². The van der Waals surface area contributed by atoms with Crippen LogP contribution in [-0.2, 0) is 14.8 Å². The van der Waals surface area contributed by atoms with E-state index in [4.69, 9.17) is 4.74 Å². The van der Waals surface area contributed by atoms with Gasteiger partial charge in [-0.25, -0.2) is 13.1 Å². The van der Waals surface area contributed by atoms with E-state index in [1.54, 1.807) is 53.8 Å². The van der Waals surface area contributed by atoms with Crippen molar-refractivity contribution in [2.24, 2.45) is 0 Å². The van der Waals surface area contributed by atoms with Gasteiger partial charge in [-0.05, 0) is 35.7 Å². The molecule has 23 heavy (non-hydrogen) atoms. The van der Waals surface area contributed by atoms with Gasteiger partial charge in [0.25, 0.3) is 0 Å². The lowest BCUT2D eigenvalue weighted by Gasteiger charge is -2.17. The second kappa shape index (κ2) is 6.31. The maximum atomic E-state index is 12.2. The third-order valence-corrected chi connectivity index (χ3v) is 6.51. The van der Waals surface area contributed by atoms with Crippen LogP contribution < -0.4 is 14.4 Å². The maximum Gasteiger partial charge on any atom is 0.250 e. The zero-order chi connectivity index (χ0) is 16.4. The van der Waals surface area contributed by atoms with Crippen molar-refractivity contribution in [2.45, 2.75) is 16.7 Å². The number of benzene rings is 1. The van der Waals surface area contributed by atoms with Crippen LogP contribution in [0.3, 0.4) is 0 Å².